The molecule has 0 aromatic heterocycles. The number of carbonyl (C=O) groups excluding carboxylic acids is 2. The lowest BCUT2D eigenvalue weighted by Crippen LogP contribution is -2.36. The van der Waals surface area contributed by atoms with Crippen LogP contribution in [-0.4, -0.2) is 29.4 Å². The molecule has 0 radical (unpaired) electrons. The average molecular weight is 397 g/mol. The molecule has 2 aromatic rings. The van der Waals surface area contributed by atoms with Gasteiger partial charge in [-0.2, -0.15) is 0 Å². The van der Waals surface area contributed by atoms with Gasteiger partial charge in [-0.1, -0.05) is 24.3 Å². The summed E-state index contributed by atoms with van der Waals surface area (Å²) in [7, 11) is 0. The third-order valence-corrected chi connectivity index (χ3v) is 4.77. The zero-order chi connectivity index (χ0) is 20.6. The van der Waals surface area contributed by atoms with Crippen molar-refractivity contribution in [1.29, 1.82) is 0 Å². The first-order valence-electron chi connectivity index (χ1n) is 9.57. The van der Waals surface area contributed by atoms with Gasteiger partial charge in [-0.3, -0.25) is 19.7 Å². The van der Waals surface area contributed by atoms with Gasteiger partial charge in [0.15, 0.2) is 0 Å². The Balaban J connectivity index is 1.49. The molecule has 1 saturated carbocycles. The molecule has 0 saturated heterocycles. The van der Waals surface area contributed by atoms with E-state index in [1.165, 1.54) is 37.1 Å². The quantitative estimate of drug-likeness (QED) is 0.526. The lowest BCUT2D eigenvalue weighted by atomic mass is 10.2. The smallest absolute Gasteiger partial charge is 0.270 e. The first kappa shape index (κ1) is 20.3. The van der Waals surface area contributed by atoms with E-state index >= 15 is 0 Å². The number of ether oxygens (including phenoxy) is 1. The van der Waals surface area contributed by atoms with Gasteiger partial charge in [0.1, 0.15) is 5.75 Å². The number of benzene rings is 2. The Bertz CT molecular complexity index is 893. The second-order valence-corrected chi connectivity index (χ2v) is 6.90. The summed E-state index contributed by atoms with van der Waals surface area (Å²) >= 11 is 0. The summed E-state index contributed by atoms with van der Waals surface area (Å²) in [4.78, 5) is 34.4. The van der Waals surface area contributed by atoms with Crippen molar-refractivity contribution in [3.05, 3.63) is 69.8 Å². The monoisotopic (exact) mass is 397 g/mol. The fourth-order valence-electron chi connectivity index (χ4n) is 3.23. The minimum atomic E-state index is -0.575. The van der Waals surface area contributed by atoms with Crippen molar-refractivity contribution in [2.75, 3.05) is 6.54 Å². The number of nitro benzene ring substituents is 1. The van der Waals surface area contributed by atoms with Crippen LogP contribution < -0.4 is 15.4 Å². The zero-order valence-electron chi connectivity index (χ0n) is 15.9. The van der Waals surface area contributed by atoms with Gasteiger partial charge in [-0.25, -0.2) is 0 Å². The number of hydrogen-bond acceptors (Lipinski definition) is 5. The average Bonchev–Trinajstić information content (AvgIpc) is 3.24. The minimum absolute atomic E-state index is 0.127. The fourth-order valence-corrected chi connectivity index (χ4v) is 3.23. The van der Waals surface area contributed by atoms with Crippen molar-refractivity contribution in [3.63, 3.8) is 0 Å². The summed E-state index contributed by atoms with van der Waals surface area (Å²) < 4.78 is 6.05. The zero-order valence-corrected chi connectivity index (χ0v) is 15.9. The molecule has 2 aromatic carbocycles. The first-order valence-corrected chi connectivity index (χ1v) is 9.57. The Labute approximate surface area is 168 Å². The van der Waals surface area contributed by atoms with Gasteiger partial charge in [-0.15, -0.1) is 0 Å². The third kappa shape index (κ3) is 5.78. The number of rotatable bonds is 8. The van der Waals surface area contributed by atoms with E-state index in [0.717, 1.165) is 24.2 Å². The number of nitro groups is 1. The van der Waals surface area contributed by atoms with Crippen molar-refractivity contribution in [2.45, 2.75) is 38.3 Å². The Kier molecular flexibility index (Phi) is 6.78. The van der Waals surface area contributed by atoms with Crippen molar-refractivity contribution >= 4 is 17.5 Å². The molecule has 152 valence electrons. The largest absolute Gasteiger partial charge is 0.490 e. The predicted molar refractivity (Wildman–Crippen MR) is 107 cm³/mol. The Morgan fingerprint density at radius 3 is 2.59 bits per heavy atom. The Morgan fingerprint density at radius 2 is 1.83 bits per heavy atom. The summed E-state index contributed by atoms with van der Waals surface area (Å²) in [6.45, 7) is 0.0571. The van der Waals surface area contributed by atoms with Crippen LogP contribution in [0.15, 0.2) is 48.5 Å². The molecule has 1 aliphatic rings. The second-order valence-electron chi connectivity index (χ2n) is 6.90. The molecule has 3 rings (SSSR count). The SMILES string of the molecule is O=C(CNC(=O)c1cccc([N+](=O)[O-])c1)NCc1ccccc1OC1CCCC1. The van der Waals surface area contributed by atoms with Gasteiger partial charge < -0.3 is 15.4 Å². The minimum Gasteiger partial charge on any atom is -0.490 e. The fraction of sp³-hybridized carbons (Fsp3) is 0.333. The summed E-state index contributed by atoms with van der Waals surface area (Å²) in [6.07, 6.45) is 4.66. The lowest BCUT2D eigenvalue weighted by Gasteiger charge is -2.17. The van der Waals surface area contributed by atoms with Crippen LogP contribution in [0.4, 0.5) is 5.69 Å². The first-order chi connectivity index (χ1) is 14.0. The van der Waals surface area contributed by atoms with Gasteiger partial charge in [0, 0.05) is 29.8 Å². The van der Waals surface area contributed by atoms with Crippen LogP contribution in [0.25, 0.3) is 0 Å². The van der Waals surface area contributed by atoms with Crippen molar-refractivity contribution in [2.24, 2.45) is 0 Å². The van der Waals surface area contributed by atoms with E-state index in [2.05, 4.69) is 10.6 Å². The molecule has 0 spiro atoms. The van der Waals surface area contributed by atoms with E-state index in [-0.39, 0.29) is 36.4 Å². The maximum absolute atomic E-state index is 12.1. The summed E-state index contributed by atoms with van der Waals surface area (Å²) in [5.74, 6) is -0.145. The molecule has 0 bridgehead atoms. The molecule has 0 heterocycles. The number of para-hydroxylation sites is 1. The number of nitrogens with zero attached hydrogens (tertiary/aromatic N) is 1. The normalized spacial score (nSPS) is 13.7. The van der Waals surface area contributed by atoms with E-state index in [4.69, 9.17) is 4.74 Å². The molecule has 1 fully saturated rings. The number of non-ortho nitro benzene ring substituents is 1. The molecule has 0 unspecified atom stereocenters. The number of carbonyl (C=O) groups is 2. The molecule has 1 aliphatic carbocycles. The number of amides is 2. The Morgan fingerprint density at radius 1 is 1.07 bits per heavy atom. The summed E-state index contributed by atoms with van der Waals surface area (Å²) in [5, 5.41) is 16.0. The highest BCUT2D eigenvalue weighted by Gasteiger charge is 2.18. The van der Waals surface area contributed by atoms with Crippen molar-refractivity contribution < 1.29 is 19.2 Å². The molecule has 2 N–H and O–H groups in total. The van der Waals surface area contributed by atoms with E-state index in [0.29, 0.717) is 0 Å². The van der Waals surface area contributed by atoms with E-state index < -0.39 is 10.8 Å². The highest BCUT2D eigenvalue weighted by molar-refractivity contribution is 5.96. The molecular weight excluding hydrogens is 374 g/mol. The predicted octanol–water partition coefficient (Wildman–Crippen LogP) is 2.96. The van der Waals surface area contributed by atoms with Gasteiger partial charge in [-0.05, 0) is 37.8 Å². The maximum Gasteiger partial charge on any atom is 0.270 e. The third-order valence-electron chi connectivity index (χ3n) is 4.77. The van der Waals surface area contributed by atoms with Crippen molar-refractivity contribution in [1.82, 2.24) is 10.6 Å². The standard InChI is InChI=1S/C21H23N3O5/c25-20(14-23-21(26)15-7-5-8-17(12-15)24(27)28)22-13-16-6-1-4-11-19(16)29-18-9-2-3-10-18/h1,4-8,11-12,18H,2-3,9-10,13-14H2,(H,22,25)(H,23,26). The molecular formula is C21H23N3O5. The maximum atomic E-state index is 12.1. The molecule has 8 heteroatoms. The Hall–Kier alpha value is -3.42. The van der Waals surface area contributed by atoms with Gasteiger partial charge >= 0.3 is 0 Å². The van der Waals surface area contributed by atoms with E-state index in [9.17, 15) is 19.7 Å². The van der Waals surface area contributed by atoms with Gasteiger partial charge in [0.05, 0.1) is 17.6 Å². The van der Waals surface area contributed by atoms with Crippen LogP contribution in [0.5, 0.6) is 5.75 Å². The van der Waals surface area contributed by atoms with E-state index in [1.54, 1.807) is 0 Å². The molecule has 8 nitrogen and oxygen atoms in total. The van der Waals surface area contributed by atoms with Gasteiger partial charge in [0.2, 0.25) is 5.91 Å². The molecule has 0 aliphatic heterocycles. The lowest BCUT2D eigenvalue weighted by molar-refractivity contribution is -0.384. The van der Waals surface area contributed by atoms with E-state index in [1.807, 2.05) is 24.3 Å². The second kappa shape index (κ2) is 9.68. The van der Waals surface area contributed by atoms with Crippen LogP contribution in [0.3, 0.4) is 0 Å². The molecule has 0 atom stereocenters. The highest BCUT2D eigenvalue weighted by Crippen LogP contribution is 2.26. The van der Waals surface area contributed by atoms with Crippen molar-refractivity contribution in [3.8, 4) is 5.75 Å². The highest BCUT2D eigenvalue weighted by atomic mass is 16.6. The summed E-state index contributed by atoms with van der Waals surface area (Å²) in [6, 6.07) is 12.9. The number of hydrogen-bond donors (Lipinski definition) is 2. The summed E-state index contributed by atoms with van der Waals surface area (Å²) in [5.41, 5.74) is 0.820. The topological polar surface area (TPSA) is 111 Å². The van der Waals surface area contributed by atoms with Crippen LogP contribution in [0.2, 0.25) is 0 Å². The van der Waals surface area contributed by atoms with Crippen LogP contribution in [0, 0.1) is 10.1 Å². The van der Waals surface area contributed by atoms with Crippen LogP contribution in [0.1, 0.15) is 41.6 Å². The molecule has 29 heavy (non-hydrogen) atoms. The number of nitrogens with one attached hydrogen (secondary N) is 2. The van der Waals surface area contributed by atoms with Gasteiger partial charge in [0.25, 0.3) is 11.6 Å². The van der Waals surface area contributed by atoms with Crippen LogP contribution >= 0.6 is 0 Å². The molecule has 2 amide bonds. The van der Waals surface area contributed by atoms with Crippen LogP contribution in [-0.2, 0) is 11.3 Å².